The molecule has 0 saturated heterocycles. The molecule has 11 rings (SSSR count). The van der Waals surface area contributed by atoms with Crippen LogP contribution < -0.4 is 0 Å². The van der Waals surface area contributed by atoms with Crippen LogP contribution in [0.15, 0.2) is 186 Å². The van der Waals surface area contributed by atoms with Gasteiger partial charge in [0.1, 0.15) is 11.2 Å². The third-order valence-corrected chi connectivity index (χ3v) is 10.2. The van der Waals surface area contributed by atoms with Crippen molar-refractivity contribution in [1.29, 1.82) is 0 Å². The van der Waals surface area contributed by atoms with E-state index in [9.17, 15) is 0 Å². The van der Waals surface area contributed by atoms with Gasteiger partial charge in [-0.1, -0.05) is 115 Å². The minimum Gasteiger partial charge on any atom is -0.456 e. The van der Waals surface area contributed by atoms with Gasteiger partial charge in [-0.2, -0.15) is 0 Å². The summed E-state index contributed by atoms with van der Waals surface area (Å²) in [7, 11) is 0. The largest absolute Gasteiger partial charge is 0.456 e. The molecule has 0 fully saturated rings. The fraction of sp³-hybridized carbons (Fsp3) is 0. The van der Waals surface area contributed by atoms with Gasteiger partial charge in [0.2, 0.25) is 0 Å². The van der Waals surface area contributed by atoms with E-state index in [0.717, 1.165) is 77.1 Å². The van der Waals surface area contributed by atoms with Crippen molar-refractivity contribution in [3.05, 3.63) is 182 Å². The summed E-state index contributed by atoms with van der Waals surface area (Å²) in [6.45, 7) is 0. The van der Waals surface area contributed by atoms with E-state index in [1.54, 1.807) is 0 Å². The first-order valence-electron chi connectivity index (χ1n) is 19.1. The summed E-state index contributed by atoms with van der Waals surface area (Å²) in [5.41, 5.74) is 11.4. The lowest BCUT2D eigenvalue weighted by Crippen LogP contribution is -1.96. The second kappa shape index (κ2) is 10.8. The number of para-hydroxylation sites is 3. The molecule has 51 heavy (non-hydrogen) atoms. The van der Waals surface area contributed by atoms with Gasteiger partial charge in [0.15, 0.2) is 0 Å². The SMILES string of the molecule is [2H]c1c([2H])c([2H])c2c(c1[2H])c1ccccc1n2-c1ccc2c(c1)c1ccccc1n2-c1cccc2oc3ccc(-c4cccc(-c5ccccc5)c4)cc3c12. The van der Waals surface area contributed by atoms with Crippen molar-refractivity contribution in [2.75, 3.05) is 0 Å². The van der Waals surface area contributed by atoms with Gasteiger partial charge in [-0.15, -0.1) is 0 Å². The Morgan fingerprint density at radius 2 is 1.06 bits per heavy atom. The predicted molar refractivity (Wildman–Crippen MR) is 213 cm³/mol. The van der Waals surface area contributed by atoms with E-state index in [1.807, 2.05) is 47.0 Å². The fourth-order valence-corrected chi connectivity index (χ4v) is 7.98. The van der Waals surface area contributed by atoms with Crippen molar-refractivity contribution in [3.8, 4) is 33.6 Å². The van der Waals surface area contributed by atoms with Gasteiger partial charge in [0.05, 0.1) is 38.6 Å². The molecule has 0 saturated carbocycles. The number of benzene rings is 8. The quantitative estimate of drug-likeness (QED) is 0.185. The highest BCUT2D eigenvalue weighted by Crippen LogP contribution is 2.41. The summed E-state index contributed by atoms with van der Waals surface area (Å²) < 4.78 is 45.6. The van der Waals surface area contributed by atoms with Crippen LogP contribution in [-0.2, 0) is 0 Å². The fourth-order valence-electron chi connectivity index (χ4n) is 7.98. The molecule has 0 spiro atoms. The highest BCUT2D eigenvalue weighted by Gasteiger charge is 2.20. The molecule has 0 bridgehead atoms. The normalized spacial score (nSPS) is 13.0. The Labute approximate surface area is 299 Å². The topological polar surface area (TPSA) is 23.0 Å². The Kier molecular flexibility index (Phi) is 5.16. The second-order valence-electron chi connectivity index (χ2n) is 13.0. The van der Waals surface area contributed by atoms with E-state index >= 15 is 0 Å². The van der Waals surface area contributed by atoms with Crippen LogP contribution in [0.5, 0.6) is 0 Å². The van der Waals surface area contributed by atoms with E-state index in [0.29, 0.717) is 10.9 Å². The average Bonchev–Trinajstić information content (AvgIpc) is 3.90. The molecular weight excluding hydrogens is 621 g/mol. The third-order valence-electron chi connectivity index (χ3n) is 10.2. The van der Waals surface area contributed by atoms with Crippen LogP contribution in [0.4, 0.5) is 0 Å². The van der Waals surface area contributed by atoms with E-state index in [1.165, 1.54) is 11.1 Å². The molecule has 0 aliphatic heterocycles. The maximum absolute atomic E-state index is 8.98. The molecule has 0 aliphatic rings. The zero-order valence-electron chi connectivity index (χ0n) is 31.3. The van der Waals surface area contributed by atoms with Gasteiger partial charge in [0, 0.05) is 32.6 Å². The highest BCUT2D eigenvalue weighted by molar-refractivity contribution is 6.16. The van der Waals surface area contributed by atoms with Crippen LogP contribution in [0, 0.1) is 0 Å². The number of nitrogens with zero attached hydrogens (tertiary/aromatic N) is 2. The zero-order valence-corrected chi connectivity index (χ0v) is 27.3. The van der Waals surface area contributed by atoms with Gasteiger partial charge in [-0.25, -0.2) is 0 Å². The smallest absolute Gasteiger partial charge is 0.137 e. The van der Waals surface area contributed by atoms with Crippen LogP contribution in [0.1, 0.15) is 5.48 Å². The van der Waals surface area contributed by atoms with Gasteiger partial charge < -0.3 is 13.6 Å². The molecule has 3 nitrogen and oxygen atoms in total. The summed E-state index contributed by atoms with van der Waals surface area (Å²) in [6, 6.07) is 53.7. The second-order valence-corrected chi connectivity index (χ2v) is 13.0. The van der Waals surface area contributed by atoms with Crippen molar-refractivity contribution >= 4 is 65.6 Å². The lowest BCUT2D eigenvalue weighted by Gasteiger charge is -2.11. The first-order valence-corrected chi connectivity index (χ1v) is 17.1. The van der Waals surface area contributed by atoms with E-state index in [4.69, 9.17) is 9.90 Å². The molecule has 238 valence electrons. The van der Waals surface area contributed by atoms with Crippen molar-refractivity contribution < 1.29 is 9.90 Å². The summed E-state index contributed by atoms with van der Waals surface area (Å²) in [5.74, 6) is 0. The molecule has 0 amide bonds. The first kappa shape index (κ1) is 24.3. The average molecular weight is 655 g/mol. The molecule has 3 heteroatoms. The maximum atomic E-state index is 8.98. The summed E-state index contributed by atoms with van der Waals surface area (Å²) >= 11 is 0. The Hall–Kier alpha value is -6.84. The summed E-state index contributed by atoms with van der Waals surface area (Å²) in [4.78, 5) is 0. The van der Waals surface area contributed by atoms with Gasteiger partial charge in [-0.05, 0) is 89.0 Å². The predicted octanol–water partition coefficient (Wildman–Crippen LogP) is 13.1. The molecular formula is C48H30N2O. The molecule has 0 atom stereocenters. The minimum atomic E-state index is -0.244. The van der Waals surface area contributed by atoms with Crippen LogP contribution in [0.25, 0.3) is 99.2 Å². The Bertz CT molecular complexity index is 3370. The minimum absolute atomic E-state index is 0.0314. The Morgan fingerprint density at radius 1 is 0.392 bits per heavy atom. The molecule has 0 unspecified atom stereocenters. The molecule has 8 aromatic carbocycles. The van der Waals surface area contributed by atoms with Gasteiger partial charge in [-0.3, -0.25) is 0 Å². The first-order chi connectivity index (χ1) is 27.0. The van der Waals surface area contributed by atoms with E-state index < -0.39 is 0 Å². The van der Waals surface area contributed by atoms with Crippen molar-refractivity contribution in [1.82, 2.24) is 9.13 Å². The zero-order chi connectivity index (χ0) is 36.9. The standard InChI is InChI=1S/C48H30N2O/c1-2-12-31(13-3-1)32-14-10-15-33(28-32)34-24-27-46-40(29-34)48-45(22-11-23-47(48)51-46)50-43-21-9-6-18-38(43)39-30-35(25-26-44(39)50)49-41-19-7-4-16-36(41)37-17-5-8-20-42(37)49/h1-30H/i4D,7D,16D,19D. The highest BCUT2D eigenvalue weighted by atomic mass is 16.3. The lowest BCUT2D eigenvalue weighted by atomic mass is 9.98. The molecule has 0 N–H and O–H groups in total. The van der Waals surface area contributed by atoms with E-state index in [-0.39, 0.29) is 24.2 Å². The number of furan rings is 1. The Balaban J connectivity index is 1.15. The molecule has 3 aromatic heterocycles. The number of hydrogen-bond donors (Lipinski definition) is 0. The maximum Gasteiger partial charge on any atom is 0.137 e. The third kappa shape index (κ3) is 4.19. The van der Waals surface area contributed by atoms with Crippen LogP contribution in [0.3, 0.4) is 0 Å². The van der Waals surface area contributed by atoms with Crippen molar-refractivity contribution in [3.63, 3.8) is 0 Å². The number of hydrogen-bond acceptors (Lipinski definition) is 1. The molecule has 11 aromatic rings. The molecule has 0 aliphatic carbocycles. The molecule has 0 radical (unpaired) electrons. The van der Waals surface area contributed by atoms with Gasteiger partial charge >= 0.3 is 0 Å². The lowest BCUT2D eigenvalue weighted by molar-refractivity contribution is 0.669. The number of rotatable bonds is 4. The molecule has 3 heterocycles. The van der Waals surface area contributed by atoms with Crippen molar-refractivity contribution in [2.24, 2.45) is 0 Å². The van der Waals surface area contributed by atoms with Gasteiger partial charge in [0.25, 0.3) is 0 Å². The van der Waals surface area contributed by atoms with Crippen LogP contribution in [-0.4, -0.2) is 9.13 Å². The monoisotopic (exact) mass is 654 g/mol. The summed E-state index contributed by atoms with van der Waals surface area (Å²) in [6.07, 6.45) is 0. The number of fused-ring (bicyclic) bond motifs is 9. The van der Waals surface area contributed by atoms with Crippen LogP contribution >= 0.6 is 0 Å². The number of aromatic nitrogens is 2. The van der Waals surface area contributed by atoms with E-state index in [2.05, 4.69) is 120 Å². The Morgan fingerprint density at radius 3 is 1.92 bits per heavy atom. The van der Waals surface area contributed by atoms with Crippen molar-refractivity contribution in [2.45, 2.75) is 0 Å². The summed E-state index contributed by atoms with van der Waals surface area (Å²) in [5, 5.41) is 5.48. The van der Waals surface area contributed by atoms with Crippen LogP contribution in [0.2, 0.25) is 0 Å².